The SMILES string of the molecule is CC1(C)Cc2nc(C3CCCC3)c(C(O)c3ccc(C(F)(F)F)cc3)c(C3=CCCC3)c2C(OS(C)(C)C(C)(C)C)C1. The molecule has 1 saturated carbocycles. The Morgan fingerprint density at radius 1 is 1.02 bits per heavy atom. The maximum Gasteiger partial charge on any atom is 0.416 e. The monoisotopic (exact) mass is 603 g/mol. The third kappa shape index (κ3) is 6.21. The number of aromatic nitrogens is 1. The lowest BCUT2D eigenvalue weighted by atomic mass is 9.71. The molecule has 2 aromatic rings. The summed E-state index contributed by atoms with van der Waals surface area (Å²) in [5.41, 5.74) is 5.98. The molecule has 1 fully saturated rings. The Morgan fingerprint density at radius 2 is 1.67 bits per heavy atom. The summed E-state index contributed by atoms with van der Waals surface area (Å²) in [5.74, 6) is 0.233. The number of rotatable bonds is 6. The van der Waals surface area contributed by atoms with Crippen molar-refractivity contribution in [3.63, 3.8) is 0 Å². The van der Waals surface area contributed by atoms with E-state index in [4.69, 9.17) is 9.17 Å². The van der Waals surface area contributed by atoms with E-state index in [1.807, 2.05) is 0 Å². The van der Waals surface area contributed by atoms with Gasteiger partial charge >= 0.3 is 6.18 Å². The Morgan fingerprint density at radius 3 is 2.21 bits per heavy atom. The Bertz CT molecular complexity index is 1330. The zero-order valence-corrected chi connectivity index (χ0v) is 27.1. The first kappa shape index (κ1) is 31.6. The number of fused-ring (bicyclic) bond motifs is 1. The number of aliphatic hydroxyl groups is 1. The fourth-order valence-corrected chi connectivity index (χ4v) is 7.90. The lowest BCUT2D eigenvalue weighted by Crippen LogP contribution is -2.34. The van der Waals surface area contributed by atoms with E-state index in [1.54, 1.807) is 0 Å². The smallest absolute Gasteiger partial charge is 0.384 e. The zero-order valence-electron chi connectivity index (χ0n) is 26.3. The number of pyridine rings is 1. The van der Waals surface area contributed by atoms with Crippen molar-refractivity contribution in [1.82, 2.24) is 4.98 Å². The molecule has 0 aliphatic heterocycles. The highest BCUT2D eigenvalue weighted by Gasteiger charge is 2.43. The molecule has 0 amide bonds. The van der Waals surface area contributed by atoms with E-state index in [2.05, 4.69) is 53.2 Å². The van der Waals surface area contributed by atoms with Crippen molar-refractivity contribution in [2.24, 2.45) is 5.41 Å². The molecule has 1 N–H and O–H groups in total. The molecule has 0 saturated heterocycles. The highest BCUT2D eigenvalue weighted by Crippen LogP contribution is 2.60. The van der Waals surface area contributed by atoms with Gasteiger partial charge in [-0.15, -0.1) is 10.3 Å². The van der Waals surface area contributed by atoms with Crippen LogP contribution in [0.25, 0.3) is 5.57 Å². The van der Waals surface area contributed by atoms with E-state index in [0.717, 1.165) is 98.0 Å². The van der Waals surface area contributed by atoms with Crippen molar-refractivity contribution < 1.29 is 22.5 Å². The quantitative estimate of drug-likeness (QED) is 0.357. The van der Waals surface area contributed by atoms with Gasteiger partial charge in [0.25, 0.3) is 0 Å². The van der Waals surface area contributed by atoms with Gasteiger partial charge in [-0.3, -0.25) is 4.98 Å². The van der Waals surface area contributed by atoms with Crippen LogP contribution in [-0.2, 0) is 16.8 Å². The Hall–Kier alpha value is -1.83. The van der Waals surface area contributed by atoms with Crippen LogP contribution in [0.15, 0.2) is 30.3 Å². The second-order valence-corrected chi connectivity index (χ2v) is 18.6. The largest absolute Gasteiger partial charge is 0.416 e. The van der Waals surface area contributed by atoms with Gasteiger partial charge in [0, 0.05) is 27.5 Å². The van der Waals surface area contributed by atoms with Crippen molar-refractivity contribution >= 4 is 15.9 Å². The molecule has 3 aliphatic rings. The normalized spacial score (nSPS) is 22.6. The third-order valence-corrected chi connectivity index (χ3v) is 13.5. The predicted octanol–water partition coefficient (Wildman–Crippen LogP) is 10.2. The maximum absolute atomic E-state index is 13.4. The first-order chi connectivity index (χ1) is 19.5. The van der Waals surface area contributed by atoms with Gasteiger partial charge in [-0.1, -0.05) is 65.7 Å². The minimum atomic E-state index is -4.43. The van der Waals surface area contributed by atoms with Crippen molar-refractivity contribution in [3.05, 3.63) is 69.5 Å². The molecule has 42 heavy (non-hydrogen) atoms. The molecule has 7 heteroatoms. The summed E-state index contributed by atoms with van der Waals surface area (Å²) in [6.07, 6.45) is 10.0. The summed E-state index contributed by atoms with van der Waals surface area (Å²) in [4.78, 5) is 5.43. The van der Waals surface area contributed by atoms with Crippen LogP contribution in [0.2, 0.25) is 0 Å². The number of hydrogen-bond donors (Lipinski definition) is 1. The third-order valence-electron chi connectivity index (χ3n) is 9.85. The van der Waals surface area contributed by atoms with Gasteiger partial charge in [-0.05, 0) is 91.7 Å². The Kier molecular flexibility index (Phi) is 8.47. The lowest BCUT2D eigenvalue weighted by molar-refractivity contribution is -0.137. The van der Waals surface area contributed by atoms with Gasteiger partial charge in [-0.25, -0.2) is 0 Å². The van der Waals surface area contributed by atoms with Crippen LogP contribution in [0.3, 0.4) is 0 Å². The van der Waals surface area contributed by atoms with Crippen LogP contribution in [0, 0.1) is 5.41 Å². The van der Waals surface area contributed by atoms with Crippen molar-refractivity contribution in [2.45, 2.75) is 121 Å². The second kappa shape index (κ2) is 11.3. The molecule has 2 atom stereocenters. The van der Waals surface area contributed by atoms with Crippen molar-refractivity contribution in [1.29, 1.82) is 0 Å². The minimum absolute atomic E-state index is 0.0000968. The maximum atomic E-state index is 13.4. The summed E-state index contributed by atoms with van der Waals surface area (Å²) in [6.45, 7) is 11.3. The van der Waals surface area contributed by atoms with E-state index < -0.39 is 28.2 Å². The number of benzene rings is 1. The van der Waals surface area contributed by atoms with E-state index in [9.17, 15) is 18.3 Å². The van der Waals surface area contributed by atoms with Gasteiger partial charge in [0.15, 0.2) is 0 Å². The molecule has 0 radical (unpaired) electrons. The molecule has 2 unspecified atom stereocenters. The highest BCUT2D eigenvalue weighted by molar-refractivity contribution is 8.29. The fourth-order valence-electron chi connectivity index (χ4n) is 6.86. The average molecular weight is 604 g/mol. The number of alkyl halides is 3. The Labute approximate surface area is 251 Å². The van der Waals surface area contributed by atoms with Crippen LogP contribution in [-0.4, -0.2) is 27.3 Å². The molecular weight excluding hydrogens is 555 g/mol. The molecule has 3 aliphatic carbocycles. The van der Waals surface area contributed by atoms with E-state index in [1.165, 1.54) is 17.7 Å². The predicted molar refractivity (Wildman–Crippen MR) is 168 cm³/mol. The summed E-state index contributed by atoms with van der Waals surface area (Å²) < 4.78 is 47.4. The number of allylic oxidation sites excluding steroid dienone is 2. The highest BCUT2D eigenvalue weighted by atomic mass is 32.3. The van der Waals surface area contributed by atoms with Gasteiger partial charge in [-0.2, -0.15) is 13.2 Å². The molecule has 232 valence electrons. The number of halogens is 3. The molecule has 1 aromatic carbocycles. The van der Waals surface area contributed by atoms with E-state index in [0.29, 0.717) is 5.56 Å². The lowest BCUT2D eigenvalue weighted by Gasteiger charge is -2.49. The van der Waals surface area contributed by atoms with Crippen LogP contribution in [0.1, 0.15) is 143 Å². The zero-order chi connectivity index (χ0) is 30.7. The summed E-state index contributed by atoms with van der Waals surface area (Å²) in [7, 11) is -1.48. The number of hydrogen-bond acceptors (Lipinski definition) is 3. The van der Waals surface area contributed by atoms with E-state index >= 15 is 0 Å². The molecule has 1 aromatic heterocycles. The molecule has 0 bridgehead atoms. The second-order valence-electron chi connectivity index (χ2n) is 14.7. The van der Waals surface area contributed by atoms with Crippen molar-refractivity contribution in [2.75, 3.05) is 12.5 Å². The van der Waals surface area contributed by atoms with Gasteiger partial charge in [0.05, 0.1) is 17.4 Å². The first-order valence-electron chi connectivity index (χ1n) is 15.5. The number of nitrogens with zero attached hydrogens (tertiary/aromatic N) is 1. The van der Waals surface area contributed by atoms with Crippen molar-refractivity contribution in [3.8, 4) is 0 Å². The molecule has 3 nitrogen and oxygen atoms in total. The van der Waals surface area contributed by atoms with E-state index in [-0.39, 0.29) is 22.2 Å². The molecule has 0 spiro atoms. The van der Waals surface area contributed by atoms with Crippen LogP contribution in [0.4, 0.5) is 13.2 Å². The average Bonchev–Trinajstić information content (AvgIpc) is 3.60. The topological polar surface area (TPSA) is 42.4 Å². The molecular formula is C35H48F3NO2S. The van der Waals surface area contributed by atoms with Crippen LogP contribution in [0.5, 0.6) is 0 Å². The van der Waals surface area contributed by atoms with Crippen LogP contribution >= 0.6 is 10.3 Å². The first-order valence-corrected chi connectivity index (χ1v) is 17.9. The summed E-state index contributed by atoms with van der Waals surface area (Å²) in [5, 5.41) is 12.1. The van der Waals surface area contributed by atoms with Gasteiger partial charge < -0.3 is 9.29 Å². The summed E-state index contributed by atoms with van der Waals surface area (Å²) >= 11 is 0. The molecule has 5 rings (SSSR count). The summed E-state index contributed by atoms with van der Waals surface area (Å²) in [6, 6.07) is 5.03. The Balaban J connectivity index is 1.76. The molecule has 1 heterocycles. The standard InChI is InChI=1S/C35H48F3NO2S/c1-33(2,3)42(6,7)41-27-21-34(4,5)20-26-29(27)28(22-12-8-9-13-22)30(31(39-26)23-14-10-11-15-23)32(40)24-16-18-25(19-17-24)35(36,37)38/h12,16-19,23,27,32,40H,8-11,13-15,20-21H2,1-7H3. The van der Waals surface area contributed by atoms with Gasteiger partial charge in [0.2, 0.25) is 0 Å². The van der Waals surface area contributed by atoms with Gasteiger partial charge in [0.1, 0.15) is 6.10 Å². The fraction of sp³-hybridized carbons (Fsp3) is 0.629. The number of aliphatic hydroxyl groups excluding tert-OH is 1. The minimum Gasteiger partial charge on any atom is -0.384 e. The van der Waals surface area contributed by atoms with Crippen LogP contribution < -0.4 is 0 Å².